The summed E-state index contributed by atoms with van der Waals surface area (Å²) in [5.74, 6) is -0.894. The van der Waals surface area contributed by atoms with Gasteiger partial charge in [-0.25, -0.2) is 4.99 Å². The van der Waals surface area contributed by atoms with Gasteiger partial charge < -0.3 is 4.18 Å². The molecule has 0 saturated heterocycles. The van der Waals surface area contributed by atoms with Gasteiger partial charge in [-0.2, -0.15) is 8.42 Å². The molecular weight excluding hydrogens is 218 g/mol. The Kier molecular flexibility index (Phi) is 2.08. The minimum atomic E-state index is -3.70. The van der Waals surface area contributed by atoms with Crippen LogP contribution in [0.4, 0.5) is 0 Å². The molecule has 0 saturated carbocycles. The molecule has 0 aliphatic carbocycles. The number of benzene rings is 1. The summed E-state index contributed by atoms with van der Waals surface area (Å²) in [7, 11) is -3.70. The minimum absolute atomic E-state index is 0.229. The van der Waals surface area contributed by atoms with Crippen LogP contribution < -0.4 is 10.6 Å². The lowest BCUT2D eigenvalue weighted by atomic mass is 10.3. The van der Waals surface area contributed by atoms with Crippen molar-refractivity contribution in [3.8, 4) is 0 Å². The van der Waals surface area contributed by atoms with Crippen molar-refractivity contribution in [2.45, 2.75) is 0 Å². The lowest BCUT2D eigenvalue weighted by Gasteiger charge is -1.99. The number of carbonyl (C=O) groups is 1. The van der Waals surface area contributed by atoms with Crippen LogP contribution in [0.25, 0.3) is 5.76 Å². The molecule has 0 spiro atoms. The lowest BCUT2D eigenvalue weighted by Crippen LogP contribution is -2.23. The quantitative estimate of drug-likeness (QED) is 0.601. The molecule has 5 nitrogen and oxygen atoms in total. The van der Waals surface area contributed by atoms with Crippen LogP contribution in [0.2, 0.25) is 0 Å². The van der Waals surface area contributed by atoms with Gasteiger partial charge in [-0.05, 0) is 12.1 Å². The molecular formula is C9H7NO4S. The molecule has 0 radical (unpaired) electrons. The highest BCUT2D eigenvalue weighted by Gasteiger charge is 2.21. The van der Waals surface area contributed by atoms with Gasteiger partial charge in [0.1, 0.15) is 0 Å². The molecule has 2 rings (SSSR count). The Labute approximate surface area is 85.8 Å². The minimum Gasteiger partial charge on any atom is -0.376 e. The molecule has 0 atom stereocenters. The Morgan fingerprint density at radius 2 is 1.93 bits per heavy atom. The highest BCUT2D eigenvalue weighted by atomic mass is 32.2. The number of rotatable bonds is 2. The van der Waals surface area contributed by atoms with Crippen molar-refractivity contribution in [1.82, 2.24) is 0 Å². The van der Waals surface area contributed by atoms with Crippen LogP contribution in [-0.4, -0.2) is 20.6 Å². The van der Waals surface area contributed by atoms with E-state index in [4.69, 9.17) is 0 Å². The Hall–Kier alpha value is -1.69. The third-order valence-corrected chi connectivity index (χ3v) is 2.27. The highest BCUT2D eigenvalue weighted by Crippen LogP contribution is 2.05. The fourth-order valence-electron chi connectivity index (χ4n) is 1.27. The number of nitrogens with zero attached hydrogens (tertiary/aromatic N) is 1. The monoisotopic (exact) mass is 225 g/mol. The zero-order valence-electron chi connectivity index (χ0n) is 7.80. The predicted molar refractivity (Wildman–Crippen MR) is 51.6 cm³/mol. The molecule has 15 heavy (non-hydrogen) atoms. The van der Waals surface area contributed by atoms with Gasteiger partial charge in [-0.15, -0.1) is 0 Å². The largest absolute Gasteiger partial charge is 0.376 e. The van der Waals surface area contributed by atoms with E-state index in [1.165, 1.54) is 0 Å². The van der Waals surface area contributed by atoms with Crippen LogP contribution in [0.1, 0.15) is 0 Å². The summed E-state index contributed by atoms with van der Waals surface area (Å²) in [4.78, 5) is 15.0. The van der Waals surface area contributed by atoms with Gasteiger partial charge in [0.05, 0.1) is 16.8 Å². The number of hydrogen-bond donors (Lipinski definition) is 0. The lowest BCUT2D eigenvalue weighted by molar-refractivity contribution is -0.113. The zero-order chi connectivity index (χ0) is 11.1. The number of para-hydroxylation sites is 1. The van der Waals surface area contributed by atoms with Crippen molar-refractivity contribution in [1.29, 1.82) is 0 Å². The van der Waals surface area contributed by atoms with Crippen LogP contribution >= 0.6 is 0 Å². The Morgan fingerprint density at radius 1 is 1.27 bits per heavy atom. The molecule has 0 aromatic heterocycles. The topological polar surface area (TPSA) is 72.8 Å². The second-order valence-electron chi connectivity index (χ2n) is 3.05. The molecule has 0 bridgehead atoms. The van der Waals surface area contributed by atoms with Crippen LogP contribution in [0.3, 0.4) is 0 Å². The summed E-state index contributed by atoms with van der Waals surface area (Å²) in [6.07, 6.45) is 0.883. The van der Waals surface area contributed by atoms with Gasteiger partial charge in [0.15, 0.2) is 0 Å². The predicted octanol–water partition coefficient (Wildman–Crippen LogP) is -1.07. The van der Waals surface area contributed by atoms with Crippen LogP contribution in [0.5, 0.6) is 0 Å². The molecule has 78 valence electrons. The normalized spacial score (nSPS) is 14.7. The average molecular weight is 225 g/mol. The average Bonchev–Trinajstić information content (AvgIpc) is 2.41. The van der Waals surface area contributed by atoms with Crippen LogP contribution in [0.15, 0.2) is 29.3 Å². The van der Waals surface area contributed by atoms with Crippen molar-refractivity contribution < 1.29 is 17.4 Å². The first kappa shape index (κ1) is 9.85. The van der Waals surface area contributed by atoms with Gasteiger partial charge in [-0.1, -0.05) is 12.1 Å². The second-order valence-corrected chi connectivity index (χ2v) is 4.63. The van der Waals surface area contributed by atoms with Crippen molar-refractivity contribution in [3.63, 3.8) is 0 Å². The molecule has 1 aromatic rings. The molecule has 0 N–H and O–H groups in total. The number of amides is 1. The van der Waals surface area contributed by atoms with E-state index < -0.39 is 16.0 Å². The van der Waals surface area contributed by atoms with Crippen molar-refractivity contribution in [2.24, 2.45) is 4.99 Å². The summed E-state index contributed by atoms with van der Waals surface area (Å²) in [6, 6.07) is 6.59. The van der Waals surface area contributed by atoms with E-state index in [0.717, 1.165) is 6.26 Å². The molecule has 6 heteroatoms. The summed E-state index contributed by atoms with van der Waals surface area (Å²) in [5.41, 5.74) is 0. The Balaban J connectivity index is 2.69. The van der Waals surface area contributed by atoms with Gasteiger partial charge in [0, 0.05) is 0 Å². The molecule has 1 aliphatic heterocycles. The Bertz CT molecular complexity index is 645. The van der Waals surface area contributed by atoms with Crippen molar-refractivity contribution in [3.05, 3.63) is 34.8 Å². The number of fused-ring (bicyclic) bond motifs is 1. The van der Waals surface area contributed by atoms with Gasteiger partial charge in [0.25, 0.3) is 0 Å². The maximum atomic E-state index is 11.3. The standard InChI is InChI=1S/C9H7NO4S/c1-15(12,13)14-8-6-4-2-3-5-7(6)10-9(8)11/h2-5H,1H3. The van der Waals surface area contributed by atoms with E-state index in [-0.39, 0.29) is 5.76 Å². The first-order valence-electron chi connectivity index (χ1n) is 4.09. The zero-order valence-corrected chi connectivity index (χ0v) is 8.61. The maximum absolute atomic E-state index is 11.3. The van der Waals surface area contributed by atoms with E-state index in [9.17, 15) is 13.2 Å². The second kappa shape index (κ2) is 3.16. The summed E-state index contributed by atoms with van der Waals surface area (Å²) in [5, 5.41) is 0.842. The molecule has 0 unspecified atom stereocenters. The van der Waals surface area contributed by atoms with Gasteiger partial charge >= 0.3 is 16.0 Å². The van der Waals surface area contributed by atoms with E-state index in [0.29, 0.717) is 10.6 Å². The first-order chi connectivity index (χ1) is 6.97. The van der Waals surface area contributed by atoms with Gasteiger partial charge in [-0.3, -0.25) is 4.79 Å². The highest BCUT2D eigenvalue weighted by molar-refractivity contribution is 7.86. The van der Waals surface area contributed by atoms with E-state index >= 15 is 0 Å². The molecule has 1 heterocycles. The summed E-state index contributed by atoms with van der Waals surface area (Å²) in [6.45, 7) is 0. The third-order valence-electron chi connectivity index (χ3n) is 1.80. The third kappa shape index (κ3) is 1.89. The van der Waals surface area contributed by atoms with E-state index in [1.807, 2.05) is 0 Å². The summed E-state index contributed by atoms with van der Waals surface area (Å²) < 4.78 is 26.4. The van der Waals surface area contributed by atoms with E-state index in [1.54, 1.807) is 24.3 Å². The molecule has 1 amide bonds. The molecule has 0 fully saturated rings. The SMILES string of the molecule is CS(=O)(=O)OC1=c2ccccc2=NC1=O. The Morgan fingerprint density at radius 3 is 2.60 bits per heavy atom. The molecule has 1 aromatic carbocycles. The fraction of sp³-hybridized carbons (Fsp3) is 0.111. The number of carbonyl (C=O) groups excluding carboxylic acids is 1. The van der Waals surface area contributed by atoms with E-state index in [2.05, 4.69) is 9.18 Å². The maximum Gasteiger partial charge on any atom is 0.315 e. The first-order valence-corrected chi connectivity index (χ1v) is 5.91. The summed E-state index contributed by atoms with van der Waals surface area (Å²) >= 11 is 0. The van der Waals surface area contributed by atoms with Crippen molar-refractivity contribution in [2.75, 3.05) is 6.26 Å². The van der Waals surface area contributed by atoms with Crippen molar-refractivity contribution >= 4 is 21.8 Å². The number of hydrogen-bond acceptors (Lipinski definition) is 4. The van der Waals surface area contributed by atoms with Crippen LogP contribution in [-0.2, 0) is 19.1 Å². The smallest absolute Gasteiger partial charge is 0.315 e. The van der Waals surface area contributed by atoms with Crippen LogP contribution in [0, 0.1) is 0 Å². The van der Waals surface area contributed by atoms with Gasteiger partial charge in [0.2, 0.25) is 5.76 Å². The fourth-order valence-corrected chi connectivity index (χ4v) is 1.73. The molecule has 1 aliphatic rings.